The van der Waals surface area contributed by atoms with Crippen LogP contribution in [0.1, 0.15) is 24.1 Å². The third kappa shape index (κ3) is 1.86. The van der Waals surface area contributed by atoms with Crippen LogP contribution in [-0.4, -0.2) is 23.2 Å². The quantitative estimate of drug-likeness (QED) is 0.670. The third-order valence-corrected chi connectivity index (χ3v) is 3.26. The highest BCUT2D eigenvalue weighted by Crippen LogP contribution is 2.28. The number of carbonyl (C=O) groups is 1. The van der Waals surface area contributed by atoms with Gasteiger partial charge in [0.15, 0.2) is 0 Å². The second-order valence-electron chi connectivity index (χ2n) is 3.85. The summed E-state index contributed by atoms with van der Waals surface area (Å²) in [5, 5.41) is 0. The van der Waals surface area contributed by atoms with Crippen LogP contribution >= 0.6 is 11.6 Å². The van der Waals surface area contributed by atoms with E-state index < -0.39 is 0 Å². The fourth-order valence-electron chi connectivity index (χ4n) is 2.19. The van der Waals surface area contributed by atoms with E-state index in [4.69, 9.17) is 11.6 Å². The maximum Gasteiger partial charge on any atom is 0.238 e. The van der Waals surface area contributed by atoms with Gasteiger partial charge >= 0.3 is 0 Å². The Morgan fingerprint density at radius 1 is 1.53 bits per heavy atom. The lowest BCUT2D eigenvalue weighted by atomic mass is 9.94. The molecule has 0 radical (unpaired) electrons. The van der Waals surface area contributed by atoms with Crippen LogP contribution in [-0.2, 0) is 11.2 Å². The number of halogens is 1. The van der Waals surface area contributed by atoms with Gasteiger partial charge in [0.05, 0.1) is 6.04 Å². The molecule has 0 N–H and O–H groups in total. The first-order valence-corrected chi connectivity index (χ1v) is 5.70. The molecule has 0 saturated carbocycles. The predicted molar refractivity (Wildman–Crippen MR) is 61.0 cm³/mol. The molecule has 1 unspecified atom stereocenters. The maximum atomic E-state index is 11.6. The minimum atomic E-state index is 0.0265. The van der Waals surface area contributed by atoms with E-state index in [0.717, 1.165) is 13.0 Å². The highest BCUT2D eigenvalue weighted by Gasteiger charge is 2.26. The van der Waals surface area contributed by atoms with Crippen LogP contribution in [0, 0.1) is 0 Å². The summed E-state index contributed by atoms with van der Waals surface area (Å²) in [7, 11) is 0. The summed E-state index contributed by atoms with van der Waals surface area (Å²) in [5.74, 6) is 0.102. The van der Waals surface area contributed by atoms with Crippen LogP contribution < -0.4 is 0 Å². The van der Waals surface area contributed by atoms with E-state index in [1.807, 2.05) is 17.0 Å². The minimum absolute atomic E-state index is 0.0265. The number of rotatable bonds is 1. The minimum Gasteiger partial charge on any atom is -0.335 e. The Balaban J connectivity index is 2.29. The smallest absolute Gasteiger partial charge is 0.238 e. The second-order valence-corrected chi connectivity index (χ2v) is 4.11. The average Bonchev–Trinajstić information content (AvgIpc) is 2.29. The van der Waals surface area contributed by atoms with Crippen LogP contribution in [0.15, 0.2) is 24.3 Å². The molecular weight excluding hydrogens is 210 g/mol. The lowest BCUT2D eigenvalue weighted by Gasteiger charge is -2.34. The molecule has 3 heteroatoms. The Morgan fingerprint density at radius 3 is 3.00 bits per heavy atom. The summed E-state index contributed by atoms with van der Waals surface area (Å²) < 4.78 is 0. The largest absolute Gasteiger partial charge is 0.335 e. The Labute approximate surface area is 94.8 Å². The van der Waals surface area contributed by atoms with E-state index in [2.05, 4.69) is 19.1 Å². The molecule has 1 heterocycles. The molecule has 0 saturated heterocycles. The summed E-state index contributed by atoms with van der Waals surface area (Å²) in [4.78, 5) is 13.4. The van der Waals surface area contributed by atoms with Crippen molar-refractivity contribution >= 4 is 17.5 Å². The zero-order valence-electron chi connectivity index (χ0n) is 8.74. The SMILES string of the molecule is CC1c2ccccc2CCN1C(=O)CCl. The summed E-state index contributed by atoms with van der Waals surface area (Å²) in [5.41, 5.74) is 2.60. The van der Waals surface area contributed by atoms with Gasteiger partial charge in [0.25, 0.3) is 0 Å². The van der Waals surface area contributed by atoms with Gasteiger partial charge in [-0.25, -0.2) is 0 Å². The molecule has 2 nitrogen and oxygen atoms in total. The normalized spacial score (nSPS) is 19.9. The van der Waals surface area contributed by atoms with Gasteiger partial charge < -0.3 is 4.90 Å². The number of nitrogens with zero attached hydrogens (tertiary/aromatic N) is 1. The standard InChI is InChI=1S/C12H14ClNO/c1-9-11-5-3-2-4-10(11)6-7-14(9)12(15)8-13/h2-5,9H,6-8H2,1H3. The summed E-state index contributed by atoms with van der Waals surface area (Å²) in [6.45, 7) is 2.84. The van der Waals surface area contributed by atoms with Crippen molar-refractivity contribution in [2.24, 2.45) is 0 Å². The van der Waals surface area contributed by atoms with Crippen molar-refractivity contribution in [1.29, 1.82) is 0 Å². The maximum absolute atomic E-state index is 11.6. The number of fused-ring (bicyclic) bond motifs is 1. The number of carbonyl (C=O) groups excluding carboxylic acids is 1. The van der Waals surface area contributed by atoms with E-state index in [-0.39, 0.29) is 17.8 Å². The molecule has 0 spiro atoms. The number of hydrogen-bond donors (Lipinski definition) is 0. The van der Waals surface area contributed by atoms with Gasteiger partial charge in [0, 0.05) is 6.54 Å². The number of hydrogen-bond acceptors (Lipinski definition) is 1. The first-order valence-electron chi connectivity index (χ1n) is 5.17. The molecule has 1 aliphatic rings. The van der Waals surface area contributed by atoms with Crippen molar-refractivity contribution in [2.45, 2.75) is 19.4 Å². The molecular formula is C12H14ClNO. The molecule has 2 rings (SSSR count). The van der Waals surface area contributed by atoms with Gasteiger partial charge in [-0.15, -0.1) is 11.6 Å². The highest BCUT2D eigenvalue weighted by atomic mass is 35.5. The van der Waals surface area contributed by atoms with Crippen molar-refractivity contribution in [1.82, 2.24) is 4.90 Å². The number of alkyl halides is 1. The molecule has 1 aromatic carbocycles. The molecule has 0 aromatic heterocycles. The first-order chi connectivity index (χ1) is 7.24. The van der Waals surface area contributed by atoms with Gasteiger partial charge in [-0.2, -0.15) is 0 Å². The zero-order valence-corrected chi connectivity index (χ0v) is 9.50. The van der Waals surface area contributed by atoms with E-state index in [0.29, 0.717) is 0 Å². The molecule has 1 aromatic rings. The van der Waals surface area contributed by atoms with E-state index >= 15 is 0 Å². The first kappa shape index (κ1) is 10.5. The molecule has 1 aliphatic heterocycles. The topological polar surface area (TPSA) is 20.3 Å². The van der Waals surface area contributed by atoms with Gasteiger partial charge in [0.2, 0.25) is 5.91 Å². The monoisotopic (exact) mass is 223 g/mol. The summed E-state index contributed by atoms with van der Waals surface area (Å²) in [6, 6.07) is 8.44. The third-order valence-electron chi connectivity index (χ3n) is 3.03. The summed E-state index contributed by atoms with van der Waals surface area (Å²) in [6.07, 6.45) is 0.934. The molecule has 15 heavy (non-hydrogen) atoms. The van der Waals surface area contributed by atoms with Crippen LogP contribution in [0.4, 0.5) is 0 Å². The van der Waals surface area contributed by atoms with Crippen molar-refractivity contribution in [3.05, 3.63) is 35.4 Å². The average molecular weight is 224 g/mol. The Kier molecular flexibility index (Phi) is 2.96. The van der Waals surface area contributed by atoms with Crippen LogP contribution in [0.25, 0.3) is 0 Å². The Hall–Kier alpha value is -1.02. The van der Waals surface area contributed by atoms with Crippen LogP contribution in [0.2, 0.25) is 0 Å². The van der Waals surface area contributed by atoms with E-state index in [1.54, 1.807) is 0 Å². The van der Waals surface area contributed by atoms with Crippen LogP contribution in [0.3, 0.4) is 0 Å². The Morgan fingerprint density at radius 2 is 2.27 bits per heavy atom. The number of benzene rings is 1. The van der Waals surface area contributed by atoms with E-state index in [9.17, 15) is 4.79 Å². The fraction of sp³-hybridized carbons (Fsp3) is 0.417. The van der Waals surface area contributed by atoms with Gasteiger partial charge in [0.1, 0.15) is 5.88 Å². The highest BCUT2D eigenvalue weighted by molar-refractivity contribution is 6.27. The van der Waals surface area contributed by atoms with Crippen molar-refractivity contribution in [3.63, 3.8) is 0 Å². The lowest BCUT2D eigenvalue weighted by molar-refractivity contribution is -0.130. The van der Waals surface area contributed by atoms with Gasteiger partial charge in [-0.1, -0.05) is 24.3 Å². The fourth-order valence-corrected chi connectivity index (χ4v) is 2.34. The molecule has 1 atom stereocenters. The molecule has 0 fully saturated rings. The van der Waals surface area contributed by atoms with Gasteiger partial charge in [-0.3, -0.25) is 4.79 Å². The second kappa shape index (κ2) is 4.23. The van der Waals surface area contributed by atoms with Crippen molar-refractivity contribution in [3.8, 4) is 0 Å². The zero-order chi connectivity index (χ0) is 10.8. The Bertz CT molecular complexity index is 378. The van der Waals surface area contributed by atoms with Crippen LogP contribution in [0.5, 0.6) is 0 Å². The lowest BCUT2D eigenvalue weighted by Crippen LogP contribution is -2.39. The van der Waals surface area contributed by atoms with Crippen molar-refractivity contribution in [2.75, 3.05) is 12.4 Å². The van der Waals surface area contributed by atoms with Gasteiger partial charge in [-0.05, 0) is 24.5 Å². The predicted octanol–water partition coefficient (Wildman–Crippen LogP) is 2.37. The molecule has 80 valence electrons. The number of amides is 1. The van der Waals surface area contributed by atoms with Crippen molar-refractivity contribution < 1.29 is 4.79 Å². The van der Waals surface area contributed by atoms with E-state index in [1.165, 1.54) is 11.1 Å². The molecule has 0 aliphatic carbocycles. The molecule has 1 amide bonds. The summed E-state index contributed by atoms with van der Waals surface area (Å²) >= 11 is 5.59. The molecule has 0 bridgehead atoms.